The second kappa shape index (κ2) is 32.4. The number of rotatable bonds is 35. The first-order valence-corrected chi connectivity index (χ1v) is 24.7. The second-order valence-electron chi connectivity index (χ2n) is 18.0. The van der Waals surface area contributed by atoms with Gasteiger partial charge in [0, 0.05) is 50.1 Å². The van der Waals surface area contributed by atoms with Crippen LogP contribution in [-0.4, -0.2) is 126 Å². The predicted molar refractivity (Wildman–Crippen MR) is 266 cm³/mol. The van der Waals surface area contributed by atoms with Crippen LogP contribution in [0, 0.1) is 29.6 Å². The van der Waals surface area contributed by atoms with Crippen molar-refractivity contribution in [1.82, 2.24) is 21.3 Å². The Hall–Kier alpha value is -5.41. The van der Waals surface area contributed by atoms with E-state index in [-0.39, 0.29) is 94.8 Å². The molecule has 0 aliphatic carbocycles. The Labute approximate surface area is 405 Å². The van der Waals surface area contributed by atoms with Crippen LogP contribution in [0.1, 0.15) is 105 Å². The van der Waals surface area contributed by atoms with Crippen molar-refractivity contribution < 1.29 is 43.5 Å². The van der Waals surface area contributed by atoms with Crippen molar-refractivity contribution in [3.8, 4) is 0 Å². The van der Waals surface area contributed by atoms with E-state index < -0.39 is 94.8 Å². The molecular formula is C47H79N11O9S. The van der Waals surface area contributed by atoms with Crippen molar-refractivity contribution >= 4 is 70.4 Å². The average Bonchev–Trinajstić information content (AvgIpc) is 3.26. The van der Waals surface area contributed by atoms with E-state index in [1.165, 1.54) is 25.6 Å². The molecule has 0 bridgehead atoms. The Morgan fingerprint density at radius 1 is 0.662 bits per heavy atom. The summed E-state index contributed by atoms with van der Waals surface area (Å²) in [7, 11) is 0. The summed E-state index contributed by atoms with van der Waals surface area (Å²) >= 11 is 1.48. The summed E-state index contributed by atoms with van der Waals surface area (Å²) in [5.41, 5.74) is 28.2. The topological polar surface area (TPSA) is 360 Å². The number of ketones is 4. The zero-order valence-electron chi connectivity index (χ0n) is 41.0. The van der Waals surface area contributed by atoms with Crippen LogP contribution in [-0.2, 0) is 44.8 Å². The average molecular weight is 974 g/mol. The third-order valence-corrected chi connectivity index (χ3v) is 12.0. The first-order valence-electron chi connectivity index (χ1n) is 23.3. The number of aliphatic hydroxyl groups excluding tert-OH is 1. The molecule has 0 radical (unpaired) electrons. The molecule has 8 atom stereocenters. The van der Waals surface area contributed by atoms with E-state index in [1.807, 2.05) is 26.2 Å². The second-order valence-corrected chi connectivity index (χ2v) is 19.0. The van der Waals surface area contributed by atoms with E-state index in [4.69, 9.17) is 28.7 Å². The molecule has 0 saturated carbocycles. The molecule has 1 aromatic rings. The number of aliphatic imine (C=N–C) groups is 2. The number of Topliss-reactive ketones (excluding diaryl/α,β-unsaturated/α-hetero) is 4. The predicted octanol–water partition coefficient (Wildman–Crippen LogP) is 0.385. The lowest BCUT2D eigenvalue weighted by atomic mass is 9.86. The van der Waals surface area contributed by atoms with Crippen molar-refractivity contribution in [2.75, 3.05) is 31.6 Å². The van der Waals surface area contributed by atoms with Crippen molar-refractivity contribution in [2.24, 2.45) is 68.2 Å². The summed E-state index contributed by atoms with van der Waals surface area (Å²) in [6.07, 6.45) is 1.32. The smallest absolute Gasteiger partial charge is 0.234 e. The quantitative estimate of drug-likeness (QED) is 0.0250. The Morgan fingerprint density at radius 3 is 1.65 bits per heavy atom. The van der Waals surface area contributed by atoms with Gasteiger partial charge in [0.2, 0.25) is 23.6 Å². The van der Waals surface area contributed by atoms with Crippen molar-refractivity contribution in [2.45, 2.75) is 136 Å². The number of guanidine groups is 2. The van der Waals surface area contributed by atoms with Gasteiger partial charge in [0.25, 0.3) is 0 Å². The highest BCUT2D eigenvalue weighted by Gasteiger charge is 2.36. The van der Waals surface area contributed by atoms with E-state index in [2.05, 4.69) is 31.3 Å². The van der Waals surface area contributed by atoms with E-state index in [1.54, 1.807) is 38.1 Å². The molecule has 0 saturated heterocycles. The molecule has 0 fully saturated rings. The maximum atomic E-state index is 14.5. The van der Waals surface area contributed by atoms with Crippen LogP contribution >= 0.6 is 11.8 Å². The zero-order chi connectivity index (χ0) is 51.5. The SMILES string of the molecule is CSCC[C@H](CC(=O)[C@H](CCCN=C(N)N)NC(=O)CN)C(=O)N[C@@H](CC(C)C)C(=O)C[C@@H](Cc1ccccc1)C(=O)N[C@@H](CCCN=C(N)N)C(=O)C[C@H](C(=O)N[C@H](C(C)=O)[C@@H](C)O)C(C)C. The van der Waals surface area contributed by atoms with Crippen LogP contribution in [0.2, 0.25) is 0 Å². The van der Waals surface area contributed by atoms with Crippen molar-refractivity contribution in [3.05, 3.63) is 35.9 Å². The van der Waals surface area contributed by atoms with Gasteiger partial charge >= 0.3 is 0 Å². The van der Waals surface area contributed by atoms with E-state index in [0.717, 1.165) is 5.56 Å². The number of carbonyl (C=O) groups excluding carboxylic acids is 8. The number of aliphatic hydroxyl groups is 1. The molecule has 68 heavy (non-hydrogen) atoms. The van der Waals surface area contributed by atoms with Crippen LogP contribution in [0.25, 0.3) is 0 Å². The summed E-state index contributed by atoms with van der Waals surface area (Å²) < 4.78 is 0. The number of benzene rings is 1. The first-order chi connectivity index (χ1) is 32.0. The van der Waals surface area contributed by atoms with Gasteiger partial charge in [-0.3, -0.25) is 48.3 Å². The molecular weight excluding hydrogens is 895 g/mol. The molecule has 15 N–H and O–H groups in total. The fourth-order valence-electron chi connectivity index (χ4n) is 7.53. The standard InChI is InChI=1S/C47H79N11O9S/c1-27(2)21-37(57-43(65)32(17-20-68-7)23-38(61)35(55-41(64)26-48)15-11-18-53-46(49)50)39(62)24-33(22-31-13-9-8-10-14-31)44(66)56-36(16-12-19-54-47(51)52)40(63)25-34(28(3)4)45(67)58-42(29(5)59)30(6)60/h8-10,13-14,27-29,32-37,42,59H,11-12,15-26,48H2,1-7H3,(H,55,64)(H,56,66)(H,57,65)(H,58,67)(H4,49,50,53)(H4,51,52,54)/t29-,32-,33-,34+,35+,36+,37+,42+/m1/s1. The number of hydrogen-bond donors (Lipinski definition) is 10. The maximum Gasteiger partial charge on any atom is 0.234 e. The fourth-order valence-corrected chi connectivity index (χ4v) is 8.05. The normalized spacial score (nSPS) is 14.8. The Balaban J connectivity index is 3.56. The number of hydrogen-bond acceptors (Lipinski definition) is 13. The molecule has 0 unspecified atom stereocenters. The van der Waals surface area contributed by atoms with Gasteiger partial charge in [-0.05, 0) is 88.2 Å². The summed E-state index contributed by atoms with van der Waals surface area (Å²) in [4.78, 5) is 117. The summed E-state index contributed by atoms with van der Waals surface area (Å²) in [5.74, 6) is -7.08. The highest BCUT2D eigenvalue weighted by Crippen LogP contribution is 2.23. The molecule has 21 heteroatoms. The lowest BCUT2D eigenvalue weighted by molar-refractivity contribution is -0.136. The molecule has 1 aromatic carbocycles. The molecule has 1 rings (SSSR count). The summed E-state index contributed by atoms with van der Waals surface area (Å²) in [5, 5.41) is 21.1. The minimum atomic E-state index is -1.18. The van der Waals surface area contributed by atoms with Crippen LogP contribution in [0.15, 0.2) is 40.3 Å². The Kier molecular flexibility index (Phi) is 28.8. The third kappa shape index (κ3) is 24.0. The molecule has 0 aliphatic heterocycles. The number of carbonyl (C=O) groups is 8. The molecule has 382 valence electrons. The molecule has 0 aliphatic rings. The molecule has 20 nitrogen and oxygen atoms in total. The van der Waals surface area contributed by atoms with Gasteiger partial charge in [-0.1, -0.05) is 58.0 Å². The van der Waals surface area contributed by atoms with Gasteiger partial charge in [0.05, 0.1) is 30.8 Å². The number of nitrogens with zero attached hydrogens (tertiary/aromatic N) is 2. The van der Waals surface area contributed by atoms with Crippen LogP contribution in [0.3, 0.4) is 0 Å². The minimum Gasteiger partial charge on any atom is -0.391 e. The van der Waals surface area contributed by atoms with E-state index in [0.29, 0.717) is 18.6 Å². The summed E-state index contributed by atoms with van der Waals surface area (Å²) in [6, 6.07) is 4.69. The minimum absolute atomic E-state index is 0.0809. The Morgan fingerprint density at radius 2 is 1.16 bits per heavy atom. The number of amides is 4. The van der Waals surface area contributed by atoms with E-state index in [9.17, 15) is 43.5 Å². The zero-order valence-corrected chi connectivity index (χ0v) is 41.8. The van der Waals surface area contributed by atoms with Gasteiger partial charge in [-0.2, -0.15) is 11.8 Å². The molecule has 4 amide bonds. The van der Waals surface area contributed by atoms with Gasteiger partial charge in [-0.15, -0.1) is 0 Å². The van der Waals surface area contributed by atoms with E-state index >= 15 is 0 Å². The monoisotopic (exact) mass is 974 g/mol. The molecule has 0 spiro atoms. The summed E-state index contributed by atoms with van der Waals surface area (Å²) in [6.45, 7) is 9.87. The molecule has 0 heterocycles. The third-order valence-electron chi connectivity index (χ3n) is 11.3. The maximum absolute atomic E-state index is 14.5. The highest BCUT2D eigenvalue weighted by molar-refractivity contribution is 7.98. The first kappa shape index (κ1) is 60.6. The number of nitrogens with two attached hydrogens (primary N) is 5. The van der Waals surface area contributed by atoms with Gasteiger partial charge in [0.1, 0.15) is 6.04 Å². The van der Waals surface area contributed by atoms with Crippen LogP contribution in [0.4, 0.5) is 0 Å². The van der Waals surface area contributed by atoms with Crippen LogP contribution in [0.5, 0.6) is 0 Å². The number of thioether (sulfide) groups is 1. The molecule has 0 aromatic heterocycles. The lowest BCUT2D eigenvalue weighted by Crippen LogP contribution is -2.51. The van der Waals surface area contributed by atoms with Crippen LogP contribution < -0.4 is 49.9 Å². The van der Waals surface area contributed by atoms with Gasteiger partial charge < -0.3 is 55.0 Å². The Bertz CT molecular complexity index is 1860. The van der Waals surface area contributed by atoms with Gasteiger partial charge in [0.15, 0.2) is 35.1 Å². The van der Waals surface area contributed by atoms with Gasteiger partial charge in [-0.25, -0.2) is 0 Å². The van der Waals surface area contributed by atoms with Crippen molar-refractivity contribution in [1.29, 1.82) is 0 Å². The van der Waals surface area contributed by atoms with Crippen molar-refractivity contribution in [3.63, 3.8) is 0 Å². The number of nitrogens with one attached hydrogen (secondary N) is 4. The lowest BCUT2D eigenvalue weighted by Gasteiger charge is -2.28. The largest absolute Gasteiger partial charge is 0.391 e. The fraction of sp³-hybridized carbons (Fsp3) is 0.660. The highest BCUT2D eigenvalue weighted by atomic mass is 32.2.